The van der Waals surface area contributed by atoms with Crippen molar-refractivity contribution in [1.82, 2.24) is 25.3 Å². The van der Waals surface area contributed by atoms with Gasteiger partial charge in [-0.15, -0.1) is 0 Å². The SMILES string of the molecule is CCN(CC)C(=O)N(C1CCCCC1)C1CCN(C(=O)[C@@H](Cc2ccc(Cl)cc2)NC2CCNCC2)CC1. The molecular weight excluding hydrogens is 498 g/mol. The molecule has 2 heterocycles. The lowest BCUT2D eigenvalue weighted by molar-refractivity contribution is -0.135. The number of likely N-dealkylation sites (tertiary alicyclic amines) is 1. The normalized spacial score (nSPS) is 20.8. The number of urea groups is 1. The first-order valence-electron chi connectivity index (χ1n) is 15.1. The molecule has 212 valence electrons. The second-order valence-corrected chi connectivity index (χ2v) is 11.7. The Hall–Kier alpha value is -1.83. The number of piperidine rings is 2. The zero-order valence-electron chi connectivity index (χ0n) is 23.5. The van der Waals surface area contributed by atoms with Gasteiger partial charge in [-0.25, -0.2) is 4.79 Å². The van der Waals surface area contributed by atoms with Gasteiger partial charge in [0.15, 0.2) is 0 Å². The molecule has 1 aromatic rings. The van der Waals surface area contributed by atoms with Crippen molar-refractivity contribution in [2.24, 2.45) is 0 Å². The molecule has 0 bridgehead atoms. The Morgan fingerprint density at radius 1 is 0.947 bits per heavy atom. The Morgan fingerprint density at radius 2 is 1.55 bits per heavy atom. The maximum atomic E-state index is 13.9. The van der Waals surface area contributed by atoms with Crippen LogP contribution in [0.15, 0.2) is 24.3 Å². The number of carbonyl (C=O) groups is 2. The molecule has 2 aliphatic heterocycles. The van der Waals surface area contributed by atoms with Crippen LogP contribution in [0.4, 0.5) is 4.79 Å². The number of benzene rings is 1. The van der Waals surface area contributed by atoms with E-state index in [4.69, 9.17) is 11.6 Å². The molecule has 1 aliphatic carbocycles. The van der Waals surface area contributed by atoms with Crippen molar-refractivity contribution in [2.75, 3.05) is 39.3 Å². The summed E-state index contributed by atoms with van der Waals surface area (Å²) in [5.74, 6) is 0.191. The summed E-state index contributed by atoms with van der Waals surface area (Å²) < 4.78 is 0. The van der Waals surface area contributed by atoms with Gasteiger partial charge in [0.25, 0.3) is 0 Å². The quantitative estimate of drug-likeness (QED) is 0.473. The molecule has 3 amide bonds. The maximum absolute atomic E-state index is 13.9. The summed E-state index contributed by atoms with van der Waals surface area (Å²) >= 11 is 6.11. The number of amides is 3. The number of rotatable bonds is 9. The molecule has 1 atom stereocenters. The van der Waals surface area contributed by atoms with Gasteiger partial charge in [0.05, 0.1) is 6.04 Å². The predicted molar refractivity (Wildman–Crippen MR) is 155 cm³/mol. The maximum Gasteiger partial charge on any atom is 0.320 e. The minimum Gasteiger partial charge on any atom is -0.341 e. The average molecular weight is 546 g/mol. The van der Waals surface area contributed by atoms with Gasteiger partial charge in [0.1, 0.15) is 0 Å². The summed E-state index contributed by atoms with van der Waals surface area (Å²) in [7, 11) is 0. The van der Waals surface area contributed by atoms with Crippen LogP contribution in [-0.2, 0) is 11.2 Å². The fraction of sp³-hybridized carbons (Fsp3) is 0.733. The van der Waals surface area contributed by atoms with Gasteiger partial charge in [-0.1, -0.05) is 43.0 Å². The Bertz CT molecular complexity index is 873. The summed E-state index contributed by atoms with van der Waals surface area (Å²) in [6.45, 7) is 9.02. The van der Waals surface area contributed by atoms with Crippen molar-refractivity contribution in [1.29, 1.82) is 0 Å². The number of carbonyl (C=O) groups excluding carboxylic acids is 2. The van der Waals surface area contributed by atoms with Crippen molar-refractivity contribution in [3.05, 3.63) is 34.9 Å². The number of nitrogens with one attached hydrogen (secondary N) is 2. The van der Waals surface area contributed by atoms with E-state index < -0.39 is 0 Å². The highest BCUT2D eigenvalue weighted by atomic mass is 35.5. The number of nitrogens with zero attached hydrogens (tertiary/aromatic N) is 3. The van der Waals surface area contributed by atoms with Gasteiger partial charge in [0.2, 0.25) is 5.91 Å². The van der Waals surface area contributed by atoms with E-state index in [9.17, 15) is 9.59 Å². The Balaban J connectivity index is 1.43. The molecule has 7 nitrogen and oxygen atoms in total. The molecule has 0 unspecified atom stereocenters. The molecule has 0 spiro atoms. The molecule has 3 fully saturated rings. The third kappa shape index (κ3) is 7.64. The van der Waals surface area contributed by atoms with Crippen LogP contribution in [0, 0.1) is 0 Å². The molecular formula is C30H48ClN5O2. The Labute approximate surface area is 234 Å². The van der Waals surface area contributed by atoms with Crippen LogP contribution in [0.3, 0.4) is 0 Å². The van der Waals surface area contributed by atoms with Gasteiger partial charge in [-0.05, 0) is 89.6 Å². The van der Waals surface area contributed by atoms with Crippen LogP contribution in [0.1, 0.15) is 77.2 Å². The predicted octanol–water partition coefficient (Wildman–Crippen LogP) is 4.68. The first-order chi connectivity index (χ1) is 18.5. The van der Waals surface area contributed by atoms with Gasteiger partial charge in [0, 0.05) is 49.3 Å². The molecule has 4 rings (SSSR count). The van der Waals surface area contributed by atoms with Crippen molar-refractivity contribution in [2.45, 2.75) is 102 Å². The van der Waals surface area contributed by atoms with Crippen molar-refractivity contribution in [3.63, 3.8) is 0 Å². The van der Waals surface area contributed by atoms with Crippen LogP contribution < -0.4 is 10.6 Å². The van der Waals surface area contributed by atoms with Crippen LogP contribution in [-0.4, -0.2) is 90.1 Å². The number of halogens is 1. The third-order valence-corrected chi connectivity index (χ3v) is 9.07. The van der Waals surface area contributed by atoms with Crippen molar-refractivity contribution < 1.29 is 9.59 Å². The topological polar surface area (TPSA) is 67.9 Å². The van der Waals surface area contributed by atoms with Gasteiger partial charge in [-0.2, -0.15) is 0 Å². The fourth-order valence-electron chi connectivity index (χ4n) is 6.56. The van der Waals surface area contributed by atoms with E-state index in [2.05, 4.69) is 29.4 Å². The van der Waals surface area contributed by atoms with E-state index in [1.54, 1.807) is 0 Å². The Morgan fingerprint density at radius 3 is 2.16 bits per heavy atom. The summed E-state index contributed by atoms with van der Waals surface area (Å²) in [6, 6.07) is 8.71. The largest absolute Gasteiger partial charge is 0.341 e. The number of hydrogen-bond acceptors (Lipinski definition) is 4. The van der Waals surface area contributed by atoms with E-state index in [1.807, 2.05) is 34.1 Å². The van der Waals surface area contributed by atoms with Gasteiger partial charge >= 0.3 is 6.03 Å². The van der Waals surface area contributed by atoms with Crippen molar-refractivity contribution >= 4 is 23.5 Å². The van der Waals surface area contributed by atoms with E-state index >= 15 is 0 Å². The second-order valence-electron chi connectivity index (χ2n) is 11.3. The van der Waals surface area contributed by atoms with Gasteiger partial charge < -0.3 is 25.3 Å². The van der Waals surface area contributed by atoms with Gasteiger partial charge in [-0.3, -0.25) is 4.79 Å². The lowest BCUT2D eigenvalue weighted by atomic mass is 9.91. The third-order valence-electron chi connectivity index (χ3n) is 8.82. The fourth-order valence-corrected chi connectivity index (χ4v) is 6.68. The van der Waals surface area contributed by atoms with Crippen LogP contribution in [0.2, 0.25) is 5.02 Å². The zero-order chi connectivity index (χ0) is 26.9. The monoisotopic (exact) mass is 545 g/mol. The minimum absolute atomic E-state index is 0.191. The van der Waals surface area contributed by atoms with Crippen LogP contribution in [0.25, 0.3) is 0 Å². The summed E-state index contributed by atoms with van der Waals surface area (Å²) in [6.07, 6.45) is 10.4. The van der Waals surface area contributed by atoms with E-state index in [1.165, 1.54) is 19.3 Å². The highest BCUT2D eigenvalue weighted by molar-refractivity contribution is 6.30. The molecule has 1 aromatic carbocycles. The van der Waals surface area contributed by atoms with E-state index in [0.29, 0.717) is 36.6 Å². The summed E-state index contributed by atoms with van der Waals surface area (Å²) in [5.41, 5.74) is 1.12. The zero-order valence-corrected chi connectivity index (χ0v) is 24.2. The Kier molecular flexibility index (Phi) is 11.1. The molecule has 0 radical (unpaired) electrons. The highest BCUT2D eigenvalue weighted by Gasteiger charge is 2.37. The second kappa shape index (κ2) is 14.5. The highest BCUT2D eigenvalue weighted by Crippen LogP contribution is 2.29. The van der Waals surface area contributed by atoms with E-state index in [-0.39, 0.29) is 24.0 Å². The minimum atomic E-state index is -0.248. The summed E-state index contributed by atoms with van der Waals surface area (Å²) in [4.78, 5) is 33.8. The van der Waals surface area contributed by atoms with Crippen molar-refractivity contribution in [3.8, 4) is 0 Å². The van der Waals surface area contributed by atoms with Crippen LogP contribution >= 0.6 is 11.6 Å². The standard InChI is InChI=1S/C30H48ClN5O2/c1-3-34(4-2)30(38)36(26-8-6-5-7-9-26)27-16-20-35(21-17-27)29(37)28(33-25-14-18-32-19-15-25)22-23-10-12-24(31)13-11-23/h10-13,25-28,32-33H,3-9,14-22H2,1-2H3/t28-/m1/s1. The molecule has 2 saturated heterocycles. The molecule has 38 heavy (non-hydrogen) atoms. The summed E-state index contributed by atoms with van der Waals surface area (Å²) in [5, 5.41) is 7.85. The van der Waals surface area contributed by atoms with Crippen LogP contribution in [0.5, 0.6) is 0 Å². The molecule has 2 N–H and O–H groups in total. The average Bonchev–Trinajstić information content (AvgIpc) is 2.96. The first-order valence-corrected chi connectivity index (χ1v) is 15.4. The van der Waals surface area contributed by atoms with E-state index in [0.717, 1.165) is 70.3 Å². The number of hydrogen-bond donors (Lipinski definition) is 2. The molecule has 0 aromatic heterocycles. The molecule has 1 saturated carbocycles. The molecule has 8 heteroatoms. The first kappa shape index (κ1) is 29.2. The lowest BCUT2D eigenvalue weighted by Gasteiger charge is -2.45. The lowest BCUT2D eigenvalue weighted by Crippen LogP contribution is -2.58. The molecule has 3 aliphatic rings. The smallest absolute Gasteiger partial charge is 0.320 e.